The summed E-state index contributed by atoms with van der Waals surface area (Å²) in [6.07, 6.45) is 0.634. The summed E-state index contributed by atoms with van der Waals surface area (Å²) in [6.45, 7) is 1.94. The van der Waals surface area contributed by atoms with Gasteiger partial charge in [0.15, 0.2) is 0 Å². The van der Waals surface area contributed by atoms with Gasteiger partial charge in [-0.15, -0.1) is 5.10 Å². The smallest absolute Gasteiger partial charge is 0.265 e. The number of aromatic nitrogens is 2. The van der Waals surface area contributed by atoms with Crippen molar-refractivity contribution in [1.29, 1.82) is 0 Å². The topological polar surface area (TPSA) is 75.1 Å². The van der Waals surface area contributed by atoms with Gasteiger partial charge in [0, 0.05) is 5.56 Å². The number of amides is 1. The van der Waals surface area contributed by atoms with Gasteiger partial charge >= 0.3 is 0 Å². The van der Waals surface area contributed by atoms with Gasteiger partial charge in [-0.2, -0.15) is 0 Å². The van der Waals surface area contributed by atoms with E-state index in [0.29, 0.717) is 22.6 Å². The Balaban J connectivity index is 1.84. The number of phenolic OH excluding ortho intramolecular Hbond substituents is 1. The number of hydrogen-bond donors (Lipinski definition) is 2. The molecule has 2 N–H and O–H groups in total. The molecule has 1 atom stereocenters. The third-order valence-electron chi connectivity index (χ3n) is 4.74. The Hall–Kier alpha value is -3.25. The maximum atomic E-state index is 13.0. The van der Waals surface area contributed by atoms with Crippen LogP contribution in [0.25, 0.3) is 10.8 Å². The summed E-state index contributed by atoms with van der Waals surface area (Å²) in [6, 6.07) is 20.5. The molecular weight excluding hydrogens is 370 g/mol. The molecule has 0 radical (unpaired) electrons. The number of nitrogens with one attached hydrogen (secondary N) is 1. The van der Waals surface area contributed by atoms with Gasteiger partial charge in [0.25, 0.3) is 5.91 Å². The highest BCUT2D eigenvalue weighted by atomic mass is 32.1. The molecule has 28 heavy (non-hydrogen) atoms. The standard InChI is InChI=1S/C22H19N3O2S/c1-2-17-21(28-25-24-17)22(27)23-20(15-9-4-3-5-10-15)19-16-11-7-6-8-14(16)12-13-18(19)26/h3-13,20,26H,2H2,1H3,(H,23,27). The van der Waals surface area contributed by atoms with Gasteiger partial charge in [-0.1, -0.05) is 72.1 Å². The lowest BCUT2D eigenvalue weighted by Gasteiger charge is -2.22. The number of nitrogens with zero attached hydrogens (tertiary/aromatic N) is 2. The van der Waals surface area contributed by atoms with E-state index in [9.17, 15) is 9.90 Å². The first-order valence-corrected chi connectivity index (χ1v) is 9.84. The summed E-state index contributed by atoms with van der Waals surface area (Å²) in [5.41, 5.74) is 2.24. The van der Waals surface area contributed by atoms with E-state index in [2.05, 4.69) is 14.9 Å². The second-order valence-corrected chi connectivity index (χ2v) is 7.19. The summed E-state index contributed by atoms with van der Waals surface area (Å²) in [5.74, 6) is -0.0981. The van der Waals surface area contributed by atoms with Crippen molar-refractivity contribution in [2.75, 3.05) is 0 Å². The van der Waals surface area contributed by atoms with Crippen molar-refractivity contribution in [3.63, 3.8) is 0 Å². The van der Waals surface area contributed by atoms with Gasteiger partial charge in [-0.25, -0.2) is 0 Å². The van der Waals surface area contributed by atoms with Gasteiger partial charge < -0.3 is 10.4 Å². The first-order chi connectivity index (χ1) is 13.7. The second kappa shape index (κ2) is 7.78. The third-order valence-corrected chi connectivity index (χ3v) is 5.51. The molecule has 0 saturated heterocycles. The first-order valence-electron chi connectivity index (χ1n) is 9.06. The van der Waals surface area contributed by atoms with Crippen LogP contribution in [0.1, 0.15) is 39.5 Å². The maximum Gasteiger partial charge on any atom is 0.265 e. The van der Waals surface area contributed by atoms with Crippen LogP contribution < -0.4 is 5.32 Å². The summed E-state index contributed by atoms with van der Waals surface area (Å²) >= 11 is 1.09. The van der Waals surface area contributed by atoms with E-state index in [4.69, 9.17) is 0 Å². The van der Waals surface area contributed by atoms with Crippen molar-refractivity contribution < 1.29 is 9.90 Å². The fourth-order valence-electron chi connectivity index (χ4n) is 3.36. The summed E-state index contributed by atoms with van der Waals surface area (Å²) in [7, 11) is 0. The maximum absolute atomic E-state index is 13.0. The number of rotatable bonds is 5. The van der Waals surface area contributed by atoms with Crippen molar-refractivity contribution in [2.24, 2.45) is 0 Å². The number of carbonyl (C=O) groups is 1. The van der Waals surface area contributed by atoms with E-state index in [0.717, 1.165) is 27.9 Å². The molecule has 140 valence electrons. The molecule has 1 heterocycles. The monoisotopic (exact) mass is 389 g/mol. The number of aromatic hydroxyl groups is 1. The lowest BCUT2D eigenvalue weighted by molar-refractivity contribution is 0.0946. The van der Waals surface area contributed by atoms with Crippen LogP contribution in [0.3, 0.4) is 0 Å². The number of carbonyl (C=O) groups excluding carboxylic acids is 1. The number of phenols is 1. The molecule has 1 amide bonds. The van der Waals surface area contributed by atoms with E-state index >= 15 is 0 Å². The van der Waals surface area contributed by atoms with Gasteiger partial charge in [-0.3, -0.25) is 4.79 Å². The quantitative estimate of drug-likeness (QED) is 0.528. The van der Waals surface area contributed by atoms with E-state index in [1.165, 1.54) is 0 Å². The SMILES string of the molecule is CCc1nnsc1C(=O)NC(c1ccccc1)c1c(O)ccc2ccccc12. The molecule has 0 bridgehead atoms. The minimum absolute atomic E-state index is 0.144. The van der Waals surface area contributed by atoms with Crippen LogP contribution in [0.2, 0.25) is 0 Å². The number of benzene rings is 3. The summed E-state index contributed by atoms with van der Waals surface area (Å²) in [4.78, 5) is 13.5. The average molecular weight is 389 g/mol. The molecule has 0 aliphatic rings. The minimum atomic E-state index is -0.508. The van der Waals surface area contributed by atoms with Crippen molar-refractivity contribution >= 4 is 28.2 Å². The Kier molecular flexibility index (Phi) is 5.04. The van der Waals surface area contributed by atoms with Gasteiger partial charge in [-0.05, 0) is 40.4 Å². The summed E-state index contributed by atoms with van der Waals surface area (Å²) < 4.78 is 3.92. The Morgan fingerprint density at radius 2 is 1.82 bits per heavy atom. The normalized spacial score (nSPS) is 12.0. The molecule has 0 aliphatic heterocycles. The molecule has 1 unspecified atom stereocenters. The van der Waals surface area contributed by atoms with E-state index in [-0.39, 0.29) is 11.7 Å². The van der Waals surface area contributed by atoms with Gasteiger partial charge in [0.2, 0.25) is 0 Å². The molecule has 0 spiro atoms. The Morgan fingerprint density at radius 3 is 2.61 bits per heavy atom. The van der Waals surface area contributed by atoms with Crippen molar-refractivity contribution in [1.82, 2.24) is 14.9 Å². The predicted molar refractivity (Wildman–Crippen MR) is 111 cm³/mol. The average Bonchev–Trinajstić information content (AvgIpc) is 3.22. The summed E-state index contributed by atoms with van der Waals surface area (Å²) in [5, 5.41) is 19.7. The van der Waals surface area contributed by atoms with Gasteiger partial charge in [0.1, 0.15) is 10.6 Å². The molecular formula is C22H19N3O2S. The lowest BCUT2D eigenvalue weighted by atomic mass is 9.92. The highest BCUT2D eigenvalue weighted by Gasteiger charge is 2.25. The van der Waals surface area contributed by atoms with Crippen LogP contribution in [0.15, 0.2) is 66.7 Å². The molecule has 4 aromatic rings. The third kappa shape index (κ3) is 3.34. The molecule has 4 rings (SSSR count). The van der Waals surface area contributed by atoms with Crippen molar-refractivity contribution in [3.05, 3.63) is 88.4 Å². The van der Waals surface area contributed by atoms with Crippen molar-refractivity contribution in [2.45, 2.75) is 19.4 Å². The second-order valence-electron chi connectivity index (χ2n) is 6.44. The Bertz CT molecular complexity index is 1130. The number of aryl methyl sites for hydroxylation is 1. The van der Waals surface area contributed by atoms with Crippen LogP contribution in [-0.4, -0.2) is 20.6 Å². The predicted octanol–water partition coefficient (Wildman–Crippen LogP) is 4.48. The highest BCUT2D eigenvalue weighted by molar-refractivity contribution is 7.08. The van der Waals surface area contributed by atoms with Crippen LogP contribution in [0, 0.1) is 0 Å². The van der Waals surface area contributed by atoms with Crippen LogP contribution >= 0.6 is 11.5 Å². The van der Waals surface area contributed by atoms with Crippen LogP contribution in [-0.2, 0) is 6.42 Å². The zero-order valence-electron chi connectivity index (χ0n) is 15.3. The zero-order valence-corrected chi connectivity index (χ0v) is 16.1. The number of hydrogen-bond acceptors (Lipinski definition) is 5. The minimum Gasteiger partial charge on any atom is -0.508 e. The highest BCUT2D eigenvalue weighted by Crippen LogP contribution is 2.36. The zero-order chi connectivity index (χ0) is 19.5. The van der Waals surface area contributed by atoms with Crippen LogP contribution in [0.5, 0.6) is 5.75 Å². The first kappa shape index (κ1) is 18.1. The lowest BCUT2D eigenvalue weighted by Crippen LogP contribution is -2.29. The van der Waals surface area contributed by atoms with E-state index in [1.54, 1.807) is 6.07 Å². The van der Waals surface area contributed by atoms with Crippen molar-refractivity contribution in [3.8, 4) is 5.75 Å². The molecule has 5 nitrogen and oxygen atoms in total. The van der Waals surface area contributed by atoms with E-state index in [1.807, 2.05) is 67.6 Å². The molecule has 3 aromatic carbocycles. The molecule has 1 aromatic heterocycles. The molecule has 6 heteroatoms. The Morgan fingerprint density at radius 1 is 1.07 bits per heavy atom. The Labute approximate surface area is 166 Å². The fraction of sp³-hybridized carbons (Fsp3) is 0.136. The molecule has 0 aliphatic carbocycles. The largest absolute Gasteiger partial charge is 0.508 e. The van der Waals surface area contributed by atoms with E-state index < -0.39 is 6.04 Å². The fourth-order valence-corrected chi connectivity index (χ4v) is 4.02. The molecule has 0 fully saturated rings. The molecule has 0 saturated carbocycles. The van der Waals surface area contributed by atoms with Gasteiger partial charge in [0.05, 0.1) is 11.7 Å². The number of fused-ring (bicyclic) bond motifs is 1. The van der Waals surface area contributed by atoms with Crippen LogP contribution in [0.4, 0.5) is 0 Å².